The van der Waals surface area contributed by atoms with E-state index >= 15 is 0 Å². The molecule has 0 aromatic carbocycles. The number of piperidine rings is 2. The van der Waals surface area contributed by atoms with Crippen molar-refractivity contribution in [2.45, 2.75) is 77.4 Å². The van der Waals surface area contributed by atoms with Gasteiger partial charge in [0.1, 0.15) is 5.60 Å². The Labute approximate surface area is 173 Å². The van der Waals surface area contributed by atoms with Crippen molar-refractivity contribution < 1.29 is 19.1 Å². The second-order valence-corrected chi connectivity index (χ2v) is 8.59. The average Bonchev–Trinajstić information content (AvgIpc) is 2.95. The summed E-state index contributed by atoms with van der Waals surface area (Å²) in [4.78, 5) is 41.1. The van der Waals surface area contributed by atoms with Crippen molar-refractivity contribution in [3.63, 3.8) is 0 Å². The zero-order chi connectivity index (χ0) is 21.0. The molecule has 2 saturated heterocycles. The van der Waals surface area contributed by atoms with Crippen molar-refractivity contribution in [3.05, 3.63) is 11.1 Å². The van der Waals surface area contributed by atoms with Crippen LogP contribution in [0.25, 0.3) is 0 Å². The lowest BCUT2D eigenvalue weighted by molar-refractivity contribution is -0.152. The minimum atomic E-state index is -0.878. The van der Waals surface area contributed by atoms with Gasteiger partial charge in [-0.15, -0.1) is 0 Å². The number of amides is 2. The lowest BCUT2D eigenvalue weighted by Crippen LogP contribution is -2.50. The highest BCUT2D eigenvalue weighted by Gasteiger charge is 2.50. The zero-order valence-corrected chi connectivity index (χ0v) is 18.1. The number of carbonyl (C=O) groups excluding carboxylic acids is 3. The number of hydrogen-bond donors (Lipinski definition) is 1. The molecule has 7 heteroatoms. The number of hydrogen-bond acceptors (Lipinski definition) is 5. The van der Waals surface area contributed by atoms with Gasteiger partial charge >= 0.3 is 5.97 Å². The molecule has 0 radical (unpaired) electrons. The largest absolute Gasteiger partial charge is 0.450 e. The quantitative estimate of drug-likeness (QED) is 0.540. The Bertz CT molecular complexity index is 680. The topological polar surface area (TPSA) is 79.0 Å². The fraction of sp³-hybridized carbons (Fsp3) is 0.773. The zero-order valence-electron chi connectivity index (χ0n) is 18.1. The third-order valence-electron chi connectivity index (χ3n) is 6.80. The highest BCUT2D eigenvalue weighted by atomic mass is 16.6. The van der Waals surface area contributed by atoms with Crippen LogP contribution in [0.2, 0.25) is 0 Å². The molecule has 0 aliphatic carbocycles. The van der Waals surface area contributed by atoms with Crippen LogP contribution >= 0.6 is 0 Å². The SMILES string of the molecule is CC[C@@H]1CCCCN1CCCNC(=O)C1=C(C)C(=O)OC12CCN(C(C)=O)CC2. The van der Waals surface area contributed by atoms with Gasteiger partial charge in [-0.1, -0.05) is 13.3 Å². The lowest BCUT2D eigenvalue weighted by atomic mass is 9.82. The third kappa shape index (κ3) is 4.65. The molecule has 2 fully saturated rings. The molecular formula is C22H35N3O4. The second kappa shape index (κ2) is 9.28. The summed E-state index contributed by atoms with van der Waals surface area (Å²) in [5.74, 6) is -0.597. The molecule has 2 amide bonds. The van der Waals surface area contributed by atoms with Crippen LogP contribution < -0.4 is 5.32 Å². The Morgan fingerprint density at radius 1 is 1.21 bits per heavy atom. The maximum absolute atomic E-state index is 13.0. The van der Waals surface area contributed by atoms with Crippen molar-refractivity contribution in [2.24, 2.45) is 0 Å². The summed E-state index contributed by atoms with van der Waals surface area (Å²) >= 11 is 0. The van der Waals surface area contributed by atoms with Gasteiger partial charge in [0, 0.05) is 57.6 Å². The highest BCUT2D eigenvalue weighted by Crippen LogP contribution is 2.41. The van der Waals surface area contributed by atoms with E-state index in [4.69, 9.17) is 4.74 Å². The molecule has 0 unspecified atom stereocenters. The van der Waals surface area contributed by atoms with Crippen molar-refractivity contribution in [2.75, 3.05) is 32.7 Å². The first-order valence-electron chi connectivity index (χ1n) is 11.1. The first kappa shape index (κ1) is 21.8. The number of likely N-dealkylation sites (tertiary alicyclic amines) is 2. The van der Waals surface area contributed by atoms with E-state index in [0.717, 1.165) is 19.5 Å². The summed E-state index contributed by atoms with van der Waals surface area (Å²) in [6.07, 6.45) is 6.87. The van der Waals surface area contributed by atoms with E-state index < -0.39 is 11.6 Å². The average molecular weight is 406 g/mol. The van der Waals surface area contributed by atoms with Crippen LogP contribution in [0, 0.1) is 0 Å². The predicted octanol–water partition coefficient (Wildman–Crippen LogP) is 2.01. The third-order valence-corrected chi connectivity index (χ3v) is 6.80. The monoisotopic (exact) mass is 405 g/mol. The predicted molar refractivity (Wildman–Crippen MR) is 110 cm³/mol. The lowest BCUT2D eigenvalue weighted by Gasteiger charge is -2.39. The molecule has 0 aromatic rings. The number of nitrogens with one attached hydrogen (secondary N) is 1. The van der Waals surface area contributed by atoms with E-state index in [1.54, 1.807) is 18.7 Å². The minimum absolute atomic E-state index is 0.0129. The van der Waals surface area contributed by atoms with Gasteiger partial charge in [0.15, 0.2) is 0 Å². The van der Waals surface area contributed by atoms with Crippen LogP contribution in [-0.4, -0.2) is 72.0 Å². The number of ether oxygens (including phenoxy) is 1. The number of rotatable bonds is 6. The fourth-order valence-electron chi connectivity index (χ4n) is 5.05. The van der Waals surface area contributed by atoms with Crippen LogP contribution in [0.15, 0.2) is 11.1 Å². The summed E-state index contributed by atoms with van der Waals surface area (Å²) in [5, 5.41) is 3.02. The van der Waals surface area contributed by atoms with Crippen molar-refractivity contribution >= 4 is 17.8 Å². The van der Waals surface area contributed by atoms with Crippen LogP contribution in [-0.2, 0) is 19.1 Å². The molecule has 1 atom stereocenters. The van der Waals surface area contributed by atoms with Crippen LogP contribution in [0.4, 0.5) is 0 Å². The molecule has 3 aliphatic heterocycles. The smallest absolute Gasteiger partial charge is 0.335 e. The maximum Gasteiger partial charge on any atom is 0.335 e. The summed E-state index contributed by atoms with van der Waals surface area (Å²) in [6.45, 7) is 9.18. The van der Waals surface area contributed by atoms with Gasteiger partial charge in [0.05, 0.1) is 5.57 Å². The molecule has 162 valence electrons. The van der Waals surface area contributed by atoms with Gasteiger partial charge in [0.2, 0.25) is 5.91 Å². The normalized spacial score (nSPS) is 24.7. The van der Waals surface area contributed by atoms with E-state index in [9.17, 15) is 14.4 Å². The summed E-state index contributed by atoms with van der Waals surface area (Å²) in [6, 6.07) is 0.667. The molecule has 3 heterocycles. The number of esters is 1. The second-order valence-electron chi connectivity index (χ2n) is 8.59. The first-order chi connectivity index (χ1) is 13.9. The number of carbonyl (C=O) groups is 3. The van der Waals surface area contributed by atoms with E-state index in [1.165, 1.54) is 25.7 Å². The summed E-state index contributed by atoms with van der Waals surface area (Å²) in [5.41, 5.74) is -0.00634. The van der Waals surface area contributed by atoms with Crippen molar-refractivity contribution in [1.82, 2.24) is 15.1 Å². The molecule has 29 heavy (non-hydrogen) atoms. The summed E-state index contributed by atoms with van der Waals surface area (Å²) < 4.78 is 5.67. The molecule has 3 aliphatic rings. The molecule has 0 saturated carbocycles. The van der Waals surface area contributed by atoms with E-state index in [-0.39, 0.29) is 11.8 Å². The van der Waals surface area contributed by atoms with Gasteiger partial charge < -0.3 is 19.9 Å². The van der Waals surface area contributed by atoms with E-state index in [2.05, 4.69) is 17.1 Å². The Balaban J connectivity index is 1.55. The Hall–Kier alpha value is -1.89. The van der Waals surface area contributed by atoms with Crippen LogP contribution in [0.1, 0.15) is 65.7 Å². The van der Waals surface area contributed by atoms with Gasteiger partial charge in [0.25, 0.3) is 5.91 Å². The molecule has 0 aromatic heterocycles. The van der Waals surface area contributed by atoms with E-state index in [1.807, 2.05) is 0 Å². The van der Waals surface area contributed by atoms with Crippen molar-refractivity contribution in [1.29, 1.82) is 0 Å². The maximum atomic E-state index is 13.0. The van der Waals surface area contributed by atoms with Crippen LogP contribution in [0.5, 0.6) is 0 Å². The molecule has 7 nitrogen and oxygen atoms in total. The molecule has 1 spiro atoms. The van der Waals surface area contributed by atoms with Crippen LogP contribution in [0.3, 0.4) is 0 Å². The summed E-state index contributed by atoms with van der Waals surface area (Å²) in [7, 11) is 0. The fourth-order valence-corrected chi connectivity index (χ4v) is 5.05. The molecule has 0 bridgehead atoms. The van der Waals surface area contributed by atoms with Crippen molar-refractivity contribution in [3.8, 4) is 0 Å². The molecule has 3 rings (SSSR count). The van der Waals surface area contributed by atoms with Gasteiger partial charge in [-0.25, -0.2) is 4.79 Å². The standard InChI is InChI=1S/C22H35N3O4/c1-4-18-8-5-6-12-25(18)13-7-11-23-20(27)19-16(2)21(28)29-22(19)9-14-24(15-10-22)17(3)26/h18H,4-15H2,1-3H3,(H,23,27)/t18-/m1/s1. The van der Waals surface area contributed by atoms with Gasteiger partial charge in [-0.05, 0) is 39.2 Å². The first-order valence-corrected chi connectivity index (χ1v) is 11.1. The Morgan fingerprint density at radius 2 is 1.93 bits per heavy atom. The minimum Gasteiger partial charge on any atom is -0.450 e. The molecular weight excluding hydrogens is 370 g/mol. The molecule has 1 N–H and O–H groups in total. The number of nitrogens with zero attached hydrogens (tertiary/aromatic N) is 2. The Morgan fingerprint density at radius 3 is 2.59 bits per heavy atom. The van der Waals surface area contributed by atoms with E-state index in [0.29, 0.717) is 49.7 Å². The van der Waals surface area contributed by atoms with Gasteiger partial charge in [-0.2, -0.15) is 0 Å². The van der Waals surface area contributed by atoms with Gasteiger partial charge in [-0.3, -0.25) is 9.59 Å². The Kier molecular flexibility index (Phi) is 6.98. The highest BCUT2D eigenvalue weighted by molar-refractivity contribution is 6.07.